The van der Waals surface area contributed by atoms with Crippen molar-refractivity contribution < 1.29 is 14.4 Å². The van der Waals surface area contributed by atoms with Crippen molar-refractivity contribution >= 4 is 17.7 Å². The van der Waals surface area contributed by atoms with Crippen molar-refractivity contribution in [1.82, 2.24) is 29.5 Å². The molecule has 0 aliphatic carbocycles. The van der Waals surface area contributed by atoms with E-state index in [0.717, 1.165) is 6.42 Å². The molecule has 0 saturated carbocycles. The zero-order chi connectivity index (χ0) is 17.4. The Bertz CT molecular complexity index is 670. The van der Waals surface area contributed by atoms with Gasteiger partial charge in [0.25, 0.3) is 5.91 Å². The molecule has 2 aliphatic rings. The predicted molar refractivity (Wildman–Crippen MR) is 83.8 cm³/mol. The third-order valence-electron chi connectivity index (χ3n) is 4.74. The highest BCUT2D eigenvalue weighted by Gasteiger charge is 2.45. The Morgan fingerprint density at radius 2 is 2.08 bits per heavy atom. The lowest BCUT2D eigenvalue weighted by atomic mass is 9.88. The first kappa shape index (κ1) is 16.4. The minimum Gasteiger partial charge on any atom is -0.347 e. The summed E-state index contributed by atoms with van der Waals surface area (Å²) < 4.78 is 1.48. The van der Waals surface area contributed by atoms with E-state index in [0.29, 0.717) is 19.6 Å². The van der Waals surface area contributed by atoms with E-state index in [1.54, 1.807) is 30.9 Å². The van der Waals surface area contributed by atoms with Crippen LogP contribution in [0.3, 0.4) is 0 Å². The fourth-order valence-corrected chi connectivity index (χ4v) is 3.32. The van der Waals surface area contributed by atoms with Crippen LogP contribution >= 0.6 is 0 Å². The summed E-state index contributed by atoms with van der Waals surface area (Å²) in [5, 5.41) is 4.03. The molecule has 0 spiro atoms. The first-order valence-electron chi connectivity index (χ1n) is 8.00. The minimum atomic E-state index is -0.242. The number of carbonyl (C=O) groups is 3. The average molecular weight is 334 g/mol. The van der Waals surface area contributed by atoms with Crippen LogP contribution in [-0.2, 0) is 16.6 Å². The number of hydrogen-bond acceptors (Lipinski definition) is 5. The number of amides is 3. The van der Waals surface area contributed by atoms with Gasteiger partial charge < -0.3 is 14.7 Å². The largest absolute Gasteiger partial charge is 0.347 e. The maximum atomic E-state index is 12.7. The van der Waals surface area contributed by atoms with Gasteiger partial charge in [0.1, 0.15) is 6.33 Å². The van der Waals surface area contributed by atoms with Crippen molar-refractivity contribution in [2.75, 3.05) is 40.3 Å². The van der Waals surface area contributed by atoms with Gasteiger partial charge in [0.15, 0.2) is 0 Å². The van der Waals surface area contributed by atoms with Crippen molar-refractivity contribution in [2.24, 2.45) is 18.9 Å². The van der Waals surface area contributed by atoms with Gasteiger partial charge in [-0.25, -0.2) is 4.98 Å². The summed E-state index contributed by atoms with van der Waals surface area (Å²) in [6, 6.07) is 0. The maximum absolute atomic E-state index is 12.7. The molecule has 1 aromatic rings. The second-order valence-corrected chi connectivity index (χ2v) is 6.66. The van der Waals surface area contributed by atoms with Gasteiger partial charge in [0.2, 0.25) is 17.6 Å². The fraction of sp³-hybridized carbons (Fsp3) is 0.667. The number of aryl methyl sites for hydroxylation is 1. The Hall–Kier alpha value is -2.45. The quantitative estimate of drug-likeness (QED) is 0.694. The molecule has 9 nitrogen and oxygen atoms in total. The fourth-order valence-electron chi connectivity index (χ4n) is 3.32. The Labute approximate surface area is 140 Å². The molecule has 2 fully saturated rings. The van der Waals surface area contributed by atoms with Gasteiger partial charge in [0.05, 0.1) is 12.5 Å². The summed E-state index contributed by atoms with van der Waals surface area (Å²) >= 11 is 0. The van der Waals surface area contributed by atoms with E-state index in [4.69, 9.17) is 0 Å². The Balaban J connectivity index is 1.66. The van der Waals surface area contributed by atoms with Crippen molar-refractivity contribution in [1.29, 1.82) is 0 Å². The van der Waals surface area contributed by atoms with E-state index < -0.39 is 0 Å². The van der Waals surface area contributed by atoms with Crippen LogP contribution in [-0.4, -0.2) is 87.5 Å². The van der Waals surface area contributed by atoms with Gasteiger partial charge in [0, 0.05) is 40.8 Å². The van der Waals surface area contributed by atoms with Crippen LogP contribution in [0.2, 0.25) is 0 Å². The minimum absolute atomic E-state index is 0.0364. The Kier molecular flexibility index (Phi) is 4.25. The number of piperidine rings is 1. The van der Waals surface area contributed by atoms with Crippen molar-refractivity contribution in [3.05, 3.63) is 12.2 Å². The molecule has 1 aromatic heterocycles. The molecule has 3 amide bonds. The summed E-state index contributed by atoms with van der Waals surface area (Å²) in [4.78, 5) is 45.7. The number of likely N-dealkylation sites (tertiary alicyclic amines) is 2. The molecule has 2 saturated heterocycles. The molecule has 130 valence electrons. The second kappa shape index (κ2) is 6.21. The van der Waals surface area contributed by atoms with Crippen LogP contribution in [0.1, 0.15) is 17.0 Å². The van der Waals surface area contributed by atoms with E-state index >= 15 is 0 Å². The summed E-state index contributed by atoms with van der Waals surface area (Å²) in [6.45, 7) is 1.57. The van der Waals surface area contributed by atoms with E-state index in [-0.39, 0.29) is 41.9 Å². The van der Waals surface area contributed by atoms with Crippen molar-refractivity contribution in [2.45, 2.75) is 6.42 Å². The van der Waals surface area contributed by atoms with E-state index in [9.17, 15) is 14.4 Å². The molecule has 0 radical (unpaired) electrons. The third-order valence-corrected chi connectivity index (χ3v) is 4.74. The highest BCUT2D eigenvalue weighted by molar-refractivity contribution is 5.92. The van der Waals surface area contributed by atoms with Crippen molar-refractivity contribution in [3.63, 3.8) is 0 Å². The lowest BCUT2D eigenvalue weighted by Crippen LogP contribution is -2.49. The van der Waals surface area contributed by atoms with E-state index in [1.807, 2.05) is 0 Å². The molecule has 0 N–H and O–H groups in total. The van der Waals surface area contributed by atoms with Crippen LogP contribution in [0.15, 0.2) is 6.33 Å². The number of fused-ring (bicyclic) bond motifs is 1. The van der Waals surface area contributed by atoms with Crippen LogP contribution < -0.4 is 0 Å². The number of aromatic nitrogens is 3. The molecule has 0 bridgehead atoms. The van der Waals surface area contributed by atoms with Crippen LogP contribution in [0.5, 0.6) is 0 Å². The highest BCUT2D eigenvalue weighted by atomic mass is 16.2. The van der Waals surface area contributed by atoms with E-state index in [2.05, 4.69) is 10.1 Å². The van der Waals surface area contributed by atoms with Gasteiger partial charge in [-0.3, -0.25) is 19.1 Å². The molecule has 2 atom stereocenters. The van der Waals surface area contributed by atoms with E-state index in [1.165, 1.54) is 15.9 Å². The summed E-state index contributed by atoms with van der Waals surface area (Å²) in [5.41, 5.74) is 0. The van der Waals surface area contributed by atoms with Gasteiger partial charge in [-0.15, -0.1) is 5.10 Å². The van der Waals surface area contributed by atoms with Gasteiger partial charge >= 0.3 is 0 Å². The van der Waals surface area contributed by atoms with Crippen LogP contribution in [0.25, 0.3) is 0 Å². The molecular formula is C15H22N6O3. The summed E-state index contributed by atoms with van der Waals surface area (Å²) in [5.74, 6) is -0.301. The normalized spacial score (nSPS) is 23.4. The first-order valence-corrected chi connectivity index (χ1v) is 8.00. The number of likely N-dealkylation sites (N-methyl/N-ethyl adjacent to an activating group) is 1. The zero-order valence-corrected chi connectivity index (χ0v) is 14.2. The molecule has 3 heterocycles. The number of nitrogens with zero attached hydrogens (tertiary/aromatic N) is 6. The SMILES string of the molecule is CN(C)C(=O)CN1CC[C@@H]2CN(C(=O)c3ncn(C)n3)C[C@@H]2C1=O. The maximum Gasteiger partial charge on any atom is 0.293 e. The lowest BCUT2D eigenvalue weighted by molar-refractivity contribution is -0.145. The Morgan fingerprint density at radius 3 is 2.71 bits per heavy atom. The molecule has 3 rings (SSSR count). The molecule has 2 aliphatic heterocycles. The zero-order valence-electron chi connectivity index (χ0n) is 14.2. The number of rotatable bonds is 3. The second-order valence-electron chi connectivity index (χ2n) is 6.66. The molecule has 0 unspecified atom stereocenters. The monoisotopic (exact) mass is 334 g/mol. The molecule has 0 aromatic carbocycles. The molecular weight excluding hydrogens is 312 g/mol. The topological polar surface area (TPSA) is 91.6 Å². The lowest BCUT2D eigenvalue weighted by Gasteiger charge is -2.33. The van der Waals surface area contributed by atoms with Crippen molar-refractivity contribution in [3.8, 4) is 0 Å². The van der Waals surface area contributed by atoms with Gasteiger partial charge in [-0.2, -0.15) is 0 Å². The predicted octanol–water partition coefficient (Wildman–Crippen LogP) is -1.18. The van der Waals surface area contributed by atoms with Gasteiger partial charge in [-0.1, -0.05) is 0 Å². The average Bonchev–Trinajstić information content (AvgIpc) is 3.16. The first-order chi connectivity index (χ1) is 11.4. The summed E-state index contributed by atoms with van der Waals surface area (Å²) in [6.07, 6.45) is 2.28. The Morgan fingerprint density at radius 1 is 1.33 bits per heavy atom. The van der Waals surface area contributed by atoms with Crippen LogP contribution in [0, 0.1) is 11.8 Å². The number of carbonyl (C=O) groups excluding carboxylic acids is 3. The standard InChI is InChI=1S/C15H22N6O3/c1-18(2)12(22)8-20-5-4-10-6-21(7-11(10)14(20)23)15(24)13-16-9-19(3)17-13/h9-11H,4-8H2,1-3H3/t10-,11+/m1/s1. The summed E-state index contributed by atoms with van der Waals surface area (Å²) in [7, 11) is 5.06. The van der Waals surface area contributed by atoms with Crippen LogP contribution in [0.4, 0.5) is 0 Å². The highest BCUT2D eigenvalue weighted by Crippen LogP contribution is 2.32. The molecule has 9 heteroatoms. The third kappa shape index (κ3) is 2.98. The molecule has 24 heavy (non-hydrogen) atoms. The number of hydrogen-bond donors (Lipinski definition) is 0. The van der Waals surface area contributed by atoms with Gasteiger partial charge in [-0.05, 0) is 12.3 Å². The smallest absolute Gasteiger partial charge is 0.293 e.